The lowest BCUT2D eigenvalue weighted by molar-refractivity contribution is 0.0645. The van der Waals surface area contributed by atoms with Crippen LogP contribution < -0.4 is 0 Å². The molecule has 3 nitrogen and oxygen atoms in total. The Morgan fingerprint density at radius 1 is 0.789 bits per heavy atom. The third kappa shape index (κ3) is 6.21. The number of likely N-dealkylation sites (tertiary alicyclic amines) is 1. The fourth-order valence-electron chi connectivity index (χ4n) is 6.77. The average molecular weight is 509 g/mol. The van der Waals surface area contributed by atoms with E-state index in [2.05, 4.69) is 65.4 Å². The smallest absolute Gasteiger partial charge is 0.254 e. The molecule has 0 bridgehead atoms. The highest BCUT2D eigenvalue weighted by Gasteiger charge is 2.38. The van der Waals surface area contributed by atoms with E-state index < -0.39 is 0 Å². The van der Waals surface area contributed by atoms with Crippen molar-refractivity contribution in [3.05, 3.63) is 96.1 Å². The highest BCUT2D eigenvalue weighted by Crippen LogP contribution is 2.40. The van der Waals surface area contributed by atoms with E-state index in [1.54, 1.807) is 0 Å². The topological polar surface area (TPSA) is 23.6 Å². The number of carbonyl (C=O) groups excluding carboxylic acids is 1. The van der Waals surface area contributed by atoms with Gasteiger partial charge in [-0.3, -0.25) is 4.79 Å². The number of rotatable bonds is 7. The van der Waals surface area contributed by atoms with Gasteiger partial charge in [0.2, 0.25) is 0 Å². The number of piperidine rings is 1. The van der Waals surface area contributed by atoms with Crippen LogP contribution in [0.3, 0.4) is 0 Å². The number of hydrogen-bond donors (Lipinski definition) is 0. The Hall–Kier alpha value is -2.91. The van der Waals surface area contributed by atoms with Crippen LogP contribution in [0, 0.1) is 0 Å². The first-order valence-corrected chi connectivity index (χ1v) is 14.9. The number of hydrogen-bond acceptors (Lipinski definition) is 2. The van der Waals surface area contributed by atoms with Gasteiger partial charge < -0.3 is 9.80 Å². The first-order chi connectivity index (χ1) is 18.7. The molecular weight excluding hydrogens is 464 g/mol. The normalized spacial score (nSPS) is 18.6. The Morgan fingerprint density at radius 2 is 1.37 bits per heavy atom. The zero-order valence-electron chi connectivity index (χ0n) is 23.2. The molecule has 2 aliphatic rings. The van der Waals surface area contributed by atoms with Gasteiger partial charge in [-0.05, 0) is 73.9 Å². The van der Waals surface area contributed by atoms with Gasteiger partial charge in [0.25, 0.3) is 5.91 Å². The minimum atomic E-state index is 0.132. The van der Waals surface area contributed by atoms with Crippen molar-refractivity contribution in [2.75, 3.05) is 26.7 Å². The van der Waals surface area contributed by atoms with E-state index in [9.17, 15) is 4.79 Å². The van der Waals surface area contributed by atoms with Crippen molar-refractivity contribution in [2.45, 2.75) is 75.7 Å². The summed E-state index contributed by atoms with van der Waals surface area (Å²) >= 11 is 0. The van der Waals surface area contributed by atoms with Crippen LogP contribution >= 0.6 is 0 Å². The molecule has 0 radical (unpaired) electrons. The van der Waals surface area contributed by atoms with Crippen LogP contribution in [0.2, 0.25) is 0 Å². The van der Waals surface area contributed by atoms with Gasteiger partial charge in [-0.1, -0.05) is 111 Å². The number of carbonyl (C=O) groups is 1. The molecule has 1 aliphatic carbocycles. The van der Waals surface area contributed by atoms with Gasteiger partial charge in [0.05, 0.1) is 0 Å². The molecule has 38 heavy (non-hydrogen) atoms. The zero-order chi connectivity index (χ0) is 26.2. The van der Waals surface area contributed by atoms with Gasteiger partial charge in [-0.2, -0.15) is 0 Å². The first-order valence-electron chi connectivity index (χ1n) is 14.9. The standard InChI is InChI=1S/C35H44N2O/c1-36(31-19-11-3-2-4-12-20-31)26-23-35(30-17-9-6-10-18-30)24-27-37(28-25-35)34(38)33-22-14-13-21-32(33)29-15-7-5-8-16-29/h5-10,13-18,21-22,31H,2-4,11-12,19-20,23-28H2,1H3. The monoisotopic (exact) mass is 508 g/mol. The van der Waals surface area contributed by atoms with Crippen molar-refractivity contribution in [1.82, 2.24) is 9.80 Å². The molecule has 0 N–H and O–H groups in total. The average Bonchev–Trinajstić information content (AvgIpc) is 2.96. The van der Waals surface area contributed by atoms with E-state index in [-0.39, 0.29) is 11.3 Å². The highest BCUT2D eigenvalue weighted by atomic mass is 16.2. The van der Waals surface area contributed by atoms with Crippen LogP contribution in [0.1, 0.15) is 80.1 Å². The summed E-state index contributed by atoms with van der Waals surface area (Å²) < 4.78 is 0. The van der Waals surface area contributed by atoms with Crippen molar-refractivity contribution in [3.63, 3.8) is 0 Å². The van der Waals surface area contributed by atoms with Crippen LogP contribution in [0.25, 0.3) is 11.1 Å². The number of nitrogens with zero attached hydrogens (tertiary/aromatic N) is 2. The Bertz CT molecular complexity index is 1140. The molecule has 0 aromatic heterocycles. The summed E-state index contributed by atoms with van der Waals surface area (Å²) in [4.78, 5) is 18.5. The SMILES string of the molecule is CN(CCC1(c2ccccc2)CCN(C(=O)c2ccccc2-c2ccccc2)CC1)C1CCCCCCC1. The van der Waals surface area contributed by atoms with Crippen molar-refractivity contribution in [1.29, 1.82) is 0 Å². The van der Waals surface area contributed by atoms with Gasteiger partial charge in [0.1, 0.15) is 0 Å². The molecule has 1 saturated carbocycles. The van der Waals surface area contributed by atoms with Crippen LogP contribution in [0.4, 0.5) is 0 Å². The quantitative estimate of drug-likeness (QED) is 0.323. The van der Waals surface area contributed by atoms with Gasteiger partial charge >= 0.3 is 0 Å². The molecule has 1 aliphatic heterocycles. The largest absolute Gasteiger partial charge is 0.339 e. The zero-order valence-corrected chi connectivity index (χ0v) is 23.2. The van der Waals surface area contributed by atoms with E-state index >= 15 is 0 Å². The molecular formula is C35H44N2O. The van der Waals surface area contributed by atoms with Gasteiger partial charge in [0.15, 0.2) is 0 Å². The van der Waals surface area contributed by atoms with E-state index in [0.29, 0.717) is 0 Å². The fourth-order valence-corrected chi connectivity index (χ4v) is 6.77. The summed E-state index contributed by atoms with van der Waals surface area (Å²) in [5, 5.41) is 0. The molecule has 0 unspecified atom stereocenters. The summed E-state index contributed by atoms with van der Waals surface area (Å²) in [5.41, 5.74) is 4.52. The molecule has 200 valence electrons. The van der Waals surface area contributed by atoms with Crippen molar-refractivity contribution >= 4 is 5.91 Å². The van der Waals surface area contributed by atoms with Crippen LogP contribution in [-0.2, 0) is 5.41 Å². The number of amides is 1. The first kappa shape index (κ1) is 26.7. The molecule has 3 heteroatoms. The Labute approximate surface area is 229 Å². The summed E-state index contributed by atoms with van der Waals surface area (Å²) in [5.74, 6) is 0.165. The molecule has 3 aromatic carbocycles. The summed E-state index contributed by atoms with van der Waals surface area (Å²) in [6, 6.07) is 30.2. The molecule has 1 amide bonds. The third-order valence-corrected chi connectivity index (χ3v) is 9.28. The molecule has 5 rings (SSSR count). The summed E-state index contributed by atoms with van der Waals surface area (Å²) in [6.07, 6.45) is 12.9. The minimum Gasteiger partial charge on any atom is -0.339 e. The minimum absolute atomic E-state index is 0.132. The molecule has 0 spiro atoms. The maximum Gasteiger partial charge on any atom is 0.254 e. The highest BCUT2D eigenvalue weighted by molar-refractivity contribution is 6.01. The van der Waals surface area contributed by atoms with E-state index in [0.717, 1.165) is 61.6 Å². The van der Waals surface area contributed by atoms with Crippen molar-refractivity contribution in [2.24, 2.45) is 0 Å². The molecule has 3 aromatic rings. The van der Waals surface area contributed by atoms with Gasteiger partial charge in [0, 0.05) is 24.7 Å². The maximum absolute atomic E-state index is 13.8. The fraction of sp³-hybridized carbons (Fsp3) is 0.457. The van der Waals surface area contributed by atoms with E-state index in [4.69, 9.17) is 0 Å². The molecule has 0 atom stereocenters. The van der Waals surface area contributed by atoms with Crippen molar-refractivity contribution < 1.29 is 4.79 Å². The molecule has 1 saturated heterocycles. The molecule has 1 heterocycles. The third-order valence-electron chi connectivity index (χ3n) is 9.28. The van der Waals surface area contributed by atoms with Gasteiger partial charge in [-0.25, -0.2) is 0 Å². The van der Waals surface area contributed by atoms with Crippen LogP contribution in [0.5, 0.6) is 0 Å². The van der Waals surface area contributed by atoms with E-state index in [1.807, 2.05) is 36.4 Å². The molecule has 2 fully saturated rings. The lowest BCUT2D eigenvalue weighted by Gasteiger charge is -2.44. The lowest BCUT2D eigenvalue weighted by atomic mass is 9.70. The predicted octanol–water partition coefficient (Wildman–Crippen LogP) is 7.96. The second kappa shape index (κ2) is 12.8. The van der Waals surface area contributed by atoms with Crippen molar-refractivity contribution in [3.8, 4) is 11.1 Å². The Kier molecular flexibility index (Phi) is 8.96. The number of benzene rings is 3. The summed E-state index contributed by atoms with van der Waals surface area (Å²) in [7, 11) is 2.35. The lowest BCUT2D eigenvalue weighted by Crippen LogP contribution is -2.47. The van der Waals surface area contributed by atoms with Crippen LogP contribution in [0.15, 0.2) is 84.9 Å². The predicted molar refractivity (Wildman–Crippen MR) is 158 cm³/mol. The van der Waals surface area contributed by atoms with Crippen LogP contribution in [-0.4, -0.2) is 48.4 Å². The Morgan fingerprint density at radius 3 is 2.05 bits per heavy atom. The second-order valence-electron chi connectivity index (χ2n) is 11.6. The van der Waals surface area contributed by atoms with E-state index in [1.165, 1.54) is 50.5 Å². The maximum atomic E-state index is 13.8. The summed E-state index contributed by atoms with van der Waals surface area (Å²) in [6.45, 7) is 2.75. The van der Waals surface area contributed by atoms with Gasteiger partial charge in [-0.15, -0.1) is 0 Å². The Balaban J connectivity index is 1.30. The second-order valence-corrected chi connectivity index (χ2v) is 11.6.